The van der Waals surface area contributed by atoms with Crippen LogP contribution >= 0.6 is 0 Å². The molecule has 1 amide bonds. The van der Waals surface area contributed by atoms with Gasteiger partial charge < -0.3 is 14.6 Å². The molecule has 3 aromatic carbocycles. The first-order chi connectivity index (χ1) is 17.1. The predicted octanol–water partition coefficient (Wildman–Crippen LogP) is 4.96. The van der Waals surface area contributed by atoms with E-state index in [0.717, 1.165) is 30.5 Å². The van der Waals surface area contributed by atoms with E-state index in [1.54, 1.807) is 6.92 Å². The van der Waals surface area contributed by atoms with Gasteiger partial charge in [0, 0.05) is 6.26 Å². The minimum absolute atomic E-state index is 0.0670. The van der Waals surface area contributed by atoms with Gasteiger partial charge in [-0.15, -0.1) is 0 Å². The highest BCUT2D eigenvalue weighted by Crippen LogP contribution is 2.18. The number of benzene rings is 3. The number of hydrogen-bond donors (Lipinski definition) is 3. The van der Waals surface area contributed by atoms with Crippen molar-refractivity contribution in [2.45, 2.75) is 50.7 Å². The molecule has 36 heavy (non-hydrogen) atoms. The third kappa shape index (κ3) is 10.3. The van der Waals surface area contributed by atoms with E-state index in [0.29, 0.717) is 5.75 Å². The fraction of sp³-hybridized carbons (Fsp3) is 0.296. The fourth-order valence-corrected chi connectivity index (χ4v) is 3.63. The minimum Gasteiger partial charge on any atom is -0.508 e. The topological polar surface area (TPSA) is 114 Å². The van der Waals surface area contributed by atoms with Gasteiger partial charge in [-0.05, 0) is 80.9 Å². The second kappa shape index (κ2) is 14.0. The maximum Gasteiger partial charge on any atom is 0.279 e. The van der Waals surface area contributed by atoms with Crippen molar-refractivity contribution < 1.29 is 27.8 Å². The number of phenolic OH excluding ortho intramolecular Hbond substituents is 1. The Balaban J connectivity index is 0.000000346. The molecule has 0 aliphatic rings. The summed E-state index contributed by atoms with van der Waals surface area (Å²) in [5.41, 5.74) is 6.30. The average molecular weight is 515 g/mol. The molecule has 0 saturated heterocycles. The van der Waals surface area contributed by atoms with Gasteiger partial charge in [0.25, 0.3) is 5.91 Å². The molecule has 0 aromatic heterocycles. The van der Waals surface area contributed by atoms with Gasteiger partial charge in [-0.25, -0.2) is 8.42 Å². The van der Waals surface area contributed by atoms with Gasteiger partial charge in [-0.1, -0.05) is 31.5 Å². The number of rotatable bonds is 10. The standard InChI is InChI=1S/C20H26N2O3.C7H8O3S/c1-4-8-15(2)24-19-13-11-17(12-14-19)21-22-20(23)16(3)25-18-9-6-5-7-10-18;1-11(9,10)7-4-2-6(8)3-5-7/h5-7,9-16,21H,4,8H2,1-3H3,(H,22,23);2-5,8H,1H3. The molecule has 3 N–H and O–H groups in total. The van der Waals surface area contributed by atoms with Crippen LogP contribution in [0.15, 0.2) is 83.8 Å². The van der Waals surface area contributed by atoms with E-state index in [9.17, 15) is 13.2 Å². The molecule has 0 radical (unpaired) electrons. The number of hydrazine groups is 1. The molecule has 0 aliphatic heterocycles. The van der Waals surface area contributed by atoms with Crippen LogP contribution in [0.4, 0.5) is 5.69 Å². The zero-order chi connectivity index (χ0) is 26.6. The Kier molecular flexibility index (Phi) is 11.1. The third-order valence-corrected chi connectivity index (χ3v) is 6.04. The number of amides is 1. The summed E-state index contributed by atoms with van der Waals surface area (Å²) in [6.07, 6.45) is 2.83. The van der Waals surface area contributed by atoms with Crippen molar-refractivity contribution in [2.75, 3.05) is 11.7 Å². The van der Waals surface area contributed by atoms with Crippen LogP contribution < -0.4 is 20.3 Å². The Labute approximate surface area is 213 Å². The van der Waals surface area contributed by atoms with Crippen LogP contribution in [-0.4, -0.2) is 37.9 Å². The Morgan fingerprint density at radius 3 is 2.03 bits per heavy atom. The van der Waals surface area contributed by atoms with Crippen molar-refractivity contribution in [3.8, 4) is 17.2 Å². The van der Waals surface area contributed by atoms with Crippen LogP contribution in [0.5, 0.6) is 17.2 Å². The summed E-state index contributed by atoms with van der Waals surface area (Å²) in [4.78, 5) is 12.3. The molecule has 0 spiro atoms. The summed E-state index contributed by atoms with van der Waals surface area (Å²) in [5.74, 6) is 1.30. The monoisotopic (exact) mass is 514 g/mol. The van der Waals surface area contributed by atoms with E-state index in [4.69, 9.17) is 14.6 Å². The number of hydrogen-bond acceptors (Lipinski definition) is 7. The lowest BCUT2D eigenvalue weighted by atomic mass is 10.2. The van der Waals surface area contributed by atoms with Gasteiger partial charge in [0.2, 0.25) is 0 Å². The number of phenols is 1. The molecule has 0 bridgehead atoms. The third-order valence-electron chi connectivity index (χ3n) is 4.91. The second-order valence-corrected chi connectivity index (χ2v) is 10.2. The molecule has 194 valence electrons. The first-order valence-electron chi connectivity index (χ1n) is 11.6. The summed E-state index contributed by atoms with van der Waals surface area (Å²) < 4.78 is 33.1. The molecule has 2 atom stereocenters. The van der Waals surface area contributed by atoms with E-state index in [1.807, 2.05) is 54.6 Å². The smallest absolute Gasteiger partial charge is 0.279 e. The van der Waals surface area contributed by atoms with Crippen molar-refractivity contribution in [3.05, 3.63) is 78.9 Å². The largest absolute Gasteiger partial charge is 0.508 e. The van der Waals surface area contributed by atoms with Crippen molar-refractivity contribution in [1.82, 2.24) is 5.43 Å². The Bertz CT molecular complexity index is 1170. The minimum atomic E-state index is -3.13. The molecule has 0 saturated carbocycles. The number of carbonyl (C=O) groups is 1. The Hall–Kier alpha value is -3.72. The molecule has 3 aromatic rings. The molecule has 2 unspecified atom stereocenters. The maximum atomic E-state index is 12.1. The van der Waals surface area contributed by atoms with E-state index in [-0.39, 0.29) is 22.7 Å². The first-order valence-corrected chi connectivity index (χ1v) is 13.5. The van der Waals surface area contributed by atoms with Gasteiger partial charge in [0.15, 0.2) is 15.9 Å². The molecule has 0 heterocycles. The van der Waals surface area contributed by atoms with Crippen molar-refractivity contribution >= 4 is 21.4 Å². The highest BCUT2D eigenvalue weighted by atomic mass is 32.2. The van der Waals surface area contributed by atoms with E-state index in [1.165, 1.54) is 24.3 Å². The maximum absolute atomic E-state index is 12.1. The number of aromatic hydroxyl groups is 1. The zero-order valence-corrected chi connectivity index (χ0v) is 21.8. The van der Waals surface area contributed by atoms with E-state index < -0.39 is 15.9 Å². The number of ether oxygens (including phenoxy) is 2. The second-order valence-electron chi connectivity index (χ2n) is 8.19. The molecule has 0 aliphatic carbocycles. The predicted molar refractivity (Wildman–Crippen MR) is 141 cm³/mol. The molecular weight excluding hydrogens is 480 g/mol. The van der Waals surface area contributed by atoms with Crippen molar-refractivity contribution in [3.63, 3.8) is 0 Å². The van der Waals surface area contributed by atoms with Crippen LogP contribution in [-0.2, 0) is 14.6 Å². The van der Waals surface area contributed by atoms with Crippen LogP contribution in [0.1, 0.15) is 33.6 Å². The van der Waals surface area contributed by atoms with E-state index in [2.05, 4.69) is 24.7 Å². The lowest BCUT2D eigenvalue weighted by Gasteiger charge is -2.16. The van der Waals surface area contributed by atoms with Gasteiger partial charge in [-0.2, -0.15) is 0 Å². The van der Waals surface area contributed by atoms with Gasteiger partial charge >= 0.3 is 0 Å². The number of carbonyl (C=O) groups excluding carboxylic acids is 1. The zero-order valence-electron chi connectivity index (χ0n) is 21.0. The molecule has 3 rings (SSSR count). The average Bonchev–Trinajstić information content (AvgIpc) is 2.84. The molecular formula is C27H34N2O6S. The lowest BCUT2D eigenvalue weighted by Crippen LogP contribution is -2.39. The van der Waals surface area contributed by atoms with Crippen LogP contribution in [0.3, 0.4) is 0 Å². The molecule has 9 heteroatoms. The number of para-hydroxylation sites is 1. The lowest BCUT2D eigenvalue weighted by molar-refractivity contribution is -0.126. The summed E-state index contributed by atoms with van der Waals surface area (Å²) in [7, 11) is -3.13. The summed E-state index contributed by atoms with van der Waals surface area (Å²) in [6.45, 7) is 5.90. The van der Waals surface area contributed by atoms with Gasteiger partial charge in [-0.3, -0.25) is 15.6 Å². The van der Waals surface area contributed by atoms with Gasteiger partial charge in [0.1, 0.15) is 17.2 Å². The van der Waals surface area contributed by atoms with Crippen LogP contribution in [0.2, 0.25) is 0 Å². The van der Waals surface area contributed by atoms with Crippen LogP contribution in [0.25, 0.3) is 0 Å². The van der Waals surface area contributed by atoms with Crippen LogP contribution in [0, 0.1) is 0 Å². The Morgan fingerprint density at radius 2 is 1.47 bits per heavy atom. The highest BCUT2D eigenvalue weighted by molar-refractivity contribution is 7.90. The Morgan fingerprint density at radius 1 is 0.889 bits per heavy atom. The summed E-state index contributed by atoms with van der Waals surface area (Å²) in [6, 6.07) is 22.2. The highest BCUT2D eigenvalue weighted by Gasteiger charge is 2.14. The van der Waals surface area contributed by atoms with E-state index >= 15 is 0 Å². The first kappa shape index (κ1) is 28.5. The number of anilines is 1. The molecule has 0 fully saturated rings. The normalized spacial score (nSPS) is 12.3. The van der Waals surface area contributed by atoms with Gasteiger partial charge in [0.05, 0.1) is 16.7 Å². The summed E-state index contributed by atoms with van der Waals surface area (Å²) >= 11 is 0. The fourth-order valence-electron chi connectivity index (χ4n) is 3.00. The van der Waals surface area contributed by atoms with Crippen molar-refractivity contribution in [2.24, 2.45) is 0 Å². The molecule has 8 nitrogen and oxygen atoms in total. The quantitative estimate of drug-likeness (QED) is 0.328. The number of nitrogens with one attached hydrogen (secondary N) is 2. The number of sulfone groups is 1. The SMILES string of the molecule is CCCC(C)Oc1ccc(NNC(=O)C(C)Oc2ccccc2)cc1.CS(=O)(=O)c1ccc(O)cc1. The van der Waals surface area contributed by atoms with Crippen molar-refractivity contribution in [1.29, 1.82) is 0 Å². The summed E-state index contributed by atoms with van der Waals surface area (Å²) in [5, 5.41) is 8.83.